The lowest BCUT2D eigenvalue weighted by molar-refractivity contribution is 0.0378. The Hall–Kier alpha value is -1.20. The van der Waals surface area contributed by atoms with Gasteiger partial charge in [-0.05, 0) is 25.0 Å². The Morgan fingerprint density at radius 3 is 2.75 bits per heavy atom. The summed E-state index contributed by atoms with van der Waals surface area (Å²) in [6.07, 6.45) is 2.61. The molecule has 0 spiro atoms. The van der Waals surface area contributed by atoms with Crippen molar-refractivity contribution in [2.75, 3.05) is 25.1 Å². The van der Waals surface area contributed by atoms with Crippen LogP contribution in [0.2, 0.25) is 0 Å². The van der Waals surface area contributed by atoms with Gasteiger partial charge >= 0.3 is 0 Å². The third kappa shape index (κ3) is 2.48. The van der Waals surface area contributed by atoms with Gasteiger partial charge in [-0.25, -0.2) is 9.37 Å². The number of aliphatic hydroxyl groups excluding tert-OH is 1. The lowest BCUT2D eigenvalue weighted by Gasteiger charge is -2.36. The first-order valence-electron chi connectivity index (χ1n) is 5.32. The van der Waals surface area contributed by atoms with Crippen molar-refractivity contribution < 1.29 is 14.2 Å². The molecule has 0 bridgehead atoms. The van der Waals surface area contributed by atoms with Crippen LogP contribution in [0.25, 0.3) is 0 Å². The minimum absolute atomic E-state index is 0.0232. The highest BCUT2D eigenvalue weighted by molar-refractivity contribution is 5.37. The molecule has 88 valence electrons. The van der Waals surface area contributed by atoms with Crippen LogP contribution in [-0.2, 0) is 4.74 Å². The zero-order valence-corrected chi connectivity index (χ0v) is 8.95. The summed E-state index contributed by atoms with van der Waals surface area (Å²) in [6, 6.07) is 2.92. The van der Waals surface area contributed by atoms with Crippen molar-refractivity contribution in [1.29, 1.82) is 0 Å². The number of anilines is 1. The molecule has 0 saturated carbocycles. The molecule has 0 unspecified atom stereocenters. The van der Waals surface area contributed by atoms with Crippen molar-refractivity contribution in [1.82, 2.24) is 4.98 Å². The molecule has 2 rings (SSSR count). The molecule has 1 aliphatic rings. The van der Waals surface area contributed by atoms with E-state index in [1.807, 2.05) is 0 Å². The van der Waals surface area contributed by atoms with Gasteiger partial charge in [0.1, 0.15) is 11.6 Å². The van der Waals surface area contributed by atoms with Gasteiger partial charge < -0.3 is 15.2 Å². The lowest BCUT2D eigenvalue weighted by Crippen LogP contribution is -2.47. The summed E-state index contributed by atoms with van der Waals surface area (Å²) in [5, 5.41) is 12.6. The molecule has 0 aliphatic carbocycles. The fraction of sp³-hybridized carbons (Fsp3) is 0.545. The predicted molar refractivity (Wildman–Crippen MR) is 57.7 cm³/mol. The number of rotatable bonds is 3. The van der Waals surface area contributed by atoms with Gasteiger partial charge in [0, 0.05) is 13.2 Å². The van der Waals surface area contributed by atoms with E-state index in [1.165, 1.54) is 6.07 Å². The van der Waals surface area contributed by atoms with Crippen molar-refractivity contribution in [3.63, 3.8) is 0 Å². The zero-order valence-electron chi connectivity index (χ0n) is 8.95. The van der Waals surface area contributed by atoms with E-state index < -0.39 is 0 Å². The molecule has 0 amide bonds. The Morgan fingerprint density at radius 1 is 1.44 bits per heavy atom. The second kappa shape index (κ2) is 4.76. The van der Waals surface area contributed by atoms with Crippen molar-refractivity contribution in [3.05, 3.63) is 24.1 Å². The number of aliphatic hydroxyl groups is 1. The second-order valence-electron chi connectivity index (χ2n) is 4.04. The Kier molecular flexibility index (Phi) is 3.36. The fourth-order valence-electron chi connectivity index (χ4n) is 1.81. The van der Waals surface area contributed by atoms with E-state index in [1.54, 1.807) is 6.07 Å². The van der Waals surface area contributed by atoms with Crippen molar-refractivity contribution in [3.8, 4) is 0 Å². The first kappa shape index (κ1) is 11.3. The highest BCUT2D eigenvalue weighted by Gasteiger charge is 2.32. The maximum atomic E-state index is 12.7. The quantitative estimate of drug-likeness (QED) is 0.812. The normalized spacial score (nSPS) is 19.4. The molecule has 1 saturated heterocycles. The third-order valence-electron chi connectivity index (χ3n) is 2.87. The number of nitrogens with zero attached hydrogens (tertiary/aromatic N) is 1. The Balaban J connectivity index is 2.08. The largest absolute Gasteiger partial charge is 0.394 e. The number of ether oxygens (including phenoxy) is 1. The molecule has 2 heterocycles. The van der Waals surface area contributed by atoms with Gasteiger partial charge in [0.05, 0.1) is 18.3 Å². The van der Waals surface area contributed by atoms with Gasteiger partial charge in [0.2, 0.25) is 0 Å². The molecular weight excluding hydrogens is 211 g/mol. The Morgan fingerprint density at radius 2 is 2.19 bits per heavy atom. The number of hydrogen-bond acceptors (Lipinski definition) is 4. The average molecular weight is 226 g/mol. The number of hydrogen-bond donors (Lipinski definition) is 2. The molecule has 4 nitrogen and oxygen atoms in total. The van der Waals surface area contributed by atoms with E-state index in [0.717, 1.165) is 19.0 Å². The maximum absolute atomic E-state index is 12.7. The summed E-state index contributed by atoms with van der Waals surface area (Å²) in [5.74, 6) is 0.216. The van der Waals surface area contributed by atoms with Crippen molar-refractivity contribution in [2.24, 2.45) is 0 Å². The molecule has 1 aromatic heterocycles. The fourth-order valence-corrected chi connectivity index (χ4v) is 1.81. The number of nitrogens with one attached hydrogen (secondary N) is 1. The molecule has 1 fully saturated rings. The summed E-state index contributed by atoms with van der Waals surface area (Å²) >= 11 is 0. The monoisotopic (exact) mass is 226 g/mol. The number of aromatic nitrogens is 1. The summed E-state index contributed by atoms with van der Waals surface area (Å²) < 4.78 is 17.9. The molecule has 0 atom stereocenters. The van der Waals surface area contributed by atoms with E-state index in [9.17, 15) is 9.50 Å². The van der Waals surface area contributed by atoms with Gasteiger partial charge in [-0.1, -0.05) is 0 Å². The molecule has 5 heteroatoms. The molecular formula is C11H15FN2O2. The molecule has 1 aliphatic heterocycles. The molecule has 1 aromatic rings. The van der Waals surface area contributed by atoms with Crippen molar-refractivity contribution >= 4 is 5.82 Å². The topological polar surface area (TPSA) is 54.4 Å². The van der Waals surface area contributed by atoms with Crippen LogP contribution in [0.15, 0.2) is 18.3 Å². The van der Waals surface area contributed by atoms with E-state index in [-0.39, 0.29) is 18.0 Å². The van der Waals surface area contributed by atoms with E-state index in [0.29, 0.717) is 19.0 Å². The second-order valence-corrected chi connectivity index (χ2v) is 4.04. The number of pyridine rings is 1. The molecule has 0 aromatic carbocycles. The summed E-state index contributed by atoms with van der Waals surface area (Å²) in [6.45, 7) is 1.26. The SMILES string of the molecule is OCC1(Nc2ccc(F)cn2)CCOCC1. The van der Waals surface area contributed by atoms with E-state index >= 15 is 0 Å². The van der Waals surface area contributed by atoms with Crippen LogP contribution in [0, 0.1) is 5.82 Å². The maximum Gasteiger partial charge on any atom is 0.141 e. The van der Waals surface area contributed by atoms with Crippen molar-refractivity contribution in [2.45, 2.75) is 18.4 Å². The predicted octanol–water partition coefficient (Wildman–Crippen LogP) is 1.17. The van der Waals surface area contributed by atoms with Crippen LogP contribution >= 0.6 is 0 Å². The van der Waals surface area contributed by atoms with Crippen LogP contribution in [0.4, 0.5) is 10.2 Å². The molecule has 0 radical (unpaired) electrons. The van der Waals surface area contributed by atoms with Crippen LogP contribution in [0.5, 0.6) is 0 Å². The van der Waals surface area contributed by atoms with Crippen LogP contribution in [0.1, 0.15) is 12.8 Å². The molecule has 2 N–H and O–H groups in total. The van der Waals surface area contributed by atoms with E-state index in [4.69, 9.17) is 4.74 Å². The smallest absolute Gasteiger partial charge is 0.141 e. The number of halogens is 1. The van der Waals surface area contributed by atoms with E-state index in [2.05, 4.69) is 10.3 Å². The minimum atomic E-state index is -0.386. The van der Waals surface area contributed by atoms with Gasteiger partial charge in [0.15, 0.2) is 0 Å². The third-order valence-corrected chi connectivity index (χ3v) is 2.87. The van der Waals surface area contributed by atoms with Crippen LogP contribution in [0.3, 0.4) is 0 Å². The summed E-state index contributed by atoms with van der Waals surface area (Å²) in [5.41, 5.74) is -0.386. The van der Waals surface area contributed by atoms with Crippen LogP contribution in [-0.4, -0.2) is 35.5 Å². The first-order chi connectivity index (χ1) is 7.74. The zero-order chi connectivity index (χ0) is 11.4. The average Bonchev–Trinajstić information content (AvgIpc) is 2.33. The standard InChI is InChI=1S/C11H15FN2O2/c12-9-1-2-10(13-7-9)14-11(8-15)3-5-16-6-4-11/h1-2,7,15H,3-6,8H2,(H,13,14). The minimum Gasteiger partial charge on any atom is -0.394 e. The Bertz CT molecular complexity index is 336. The summed E-state index contributed by atoms with van der Waals surface area (Å²) in [7, 11) is 0. The van der Waals surface area contributed by atoms with Gasteiger partial charge in [-0.15, -0.1) is 0 Å². The lowest BCUT2D eigenvalue weighted by atomic mass is 9.91. The first-order valence-corrected chi connectivity index (χ1v) is 5.32. The van der Waals surface area contributed by atoms with Gasteiger partial charge in [-0.2, -0.15) is 0 Å². The molecule has 16 heavy (non-hydrogen) atoms. The Labute approximate surface area is 93.5 Å². The van der Waals surface area contributed by atoms with Gasteiger partial charge in [0.25, 0.3) is 0 Å². The van der Waals surface area contributed by atoms with Crippen LogP contribution < -0.4 is 5.32 Å². The van der Waals surface area contributed by atoms with Gasteiger partial charge in [-0.3, -0.25) is 0 Å². The highest BCUT2D eigenvalue weighted by atomic mass is 19.1. The highest BCUT2D eigenvalue weighted by Crippen LogP contribution is 2.24. The summed E-state index contributed by atoms with van der Waals surface area (Å²) in [4.78, 5) is 3.93.